The van der Waals surface area contributed by atoms with E-state index in [-0.39, 0.29) is 5.69 Å². The molecular formula is C7H5FINO2. The fourth-order valence-corrected chi connectivity index (χ4v) is 1.31. The first-order valence-corrected chi connectivity index (χ1v) is 4.20. The van der Waals surface area contributed by atoms with E-state index in [0.717, 1.165) is 6.07 Å². The van der Waals surface area contributed by atoms with Crippen LogP contribution in [-0.4, -0.2) is 4.92 Å². The number of hydrogen-bond donors (Lipinski definition) is 0. The summed E-state index contributed by atoms with van der Waals surface area (Å²) in [5.41, 5.74) is 0.240. The molecule has 0 saturated carbocycles. The average Bonchev–Trinajstić information content (AvgIpc) is 1.99. The third-order valence-corrected chi connectivity index (χ3v) is 2.60. The first-order chi connectivity index (χ1) is 5.52. The molecule has 0 N–H and O–H groups in total. The minimum atomic E-state index is -0.606. The average molecular weight is 281 g/mol. The van der Waals surface area contributed by atoms with Crippen LogP contribution in [0.3, 0.4) is 0 Å². The van der Waals surface area contributed by atoms with Gasteiger partial charge in [-0.25, -0.2) is 4.39 Å². The largest absolute Gasteiger partial charge is 0.273 e. The number of halogens is 2. The van der Waals surface area contributed by atoms with E-state index >= 15 is 0 Å². The van der Waals surface area contributed by atoms with Gasteiger partial charge in [0.25, 0.3) is 5.69 Å². The second kappa shape index (κ2) is 3.34. The summed E-state index contributed by atoms with van der Waals surface area (Å²) in [7, 11) is 0. The second-order valence-corrected chi connectivity index (χ2v) is 3.45. The Balaban J connectivity index is 3.31. The highest BCUT2D eigenvalue weighted by Gasteiger charge is 2.11. The summed E-state index contributed by atoms with van der Waals surface area (Å²) in [4.78, 5) is 9.65. The van der Waals surface area contributed by atoms with Crippen molar-refractivity contribution in [3.8, 4) is 0 Å². The van der Waals surface area contributed by atoms with Crippen LogP contribution in [0.2, 0.25) is 0 Å². The van der Waals surface area contributed by atoms with Crippen LogP contribution >= 0.6 is 22.6 Å². The number of nitro benzene ring substituents is 1. The van der Waals surface area contributed by atoms with Gasteiger partial charge in [0, 0.05) is 9.64 Å². The molecule has 12 heavy (non-hydrogen) atoms. The molecule has 1 aromatic carbocycles. The van der Waals surface area contributed by atoms with Crippen molar-refractivity contribution in [1.29, 1.82) is 0 Å². The molecule has 0 saturated heterocycles. The van der Waals surface area contributed by atoms with Crippen molar-refractivity contribution >= 4 is 28.3 Å². The highest BCUT2D eigenvalue weighted by atomic mass is 127. The van der Waals surface area contributed by atoms with Crippen molar-refractivity contribution in [1.82, 2.24) is 0 Å². The summed E-state index contributed by atoms with van der Waals surface area (Å²) < 4.78 is 13.5. The van der Waals surface area contributed by atoms with Crippen molar-refractivity contribution < 1.29 is 9.31 Å². The fraction of sp³-hybridized carbons (Fsp3) is 0.143. The summed E-state index contributed by atoms with van der Waals surface area (Å²) in [6.07, 6.45) is 0. The predicted octanol–water partition coefficient (Wildman–Crippen LogP) is 2.65. The van der Waals surface area contributed by atoms with E-state index < -0.39 is 10.7 Å². The van der Waals surface area contributed by atoms with Crippen LogP contribution in [0, 0.1) is 26.4 Å². The molecular weight excluding hydrogens is 276 g/mol. The molecule has 0 spiro atoms. The summed E-state index contributed by atoms with van der Waals surface area (Å²) in [6, 6.07) is 2.27. The van der Waals surface area contributed by atoms with Crippen molar-refractivity contribution in [3.05, 3.63) is 37.2 Å². The zero-order valence-corrected chi connectivity index (χ0v) is 8.33. The zero-order valence-electron chi connectivity index (χ0n) is 6.17. The molecule has 0 unspecified atom stereocenters. The molecule has 0 aliphatic heterocycles. The zero-order chi connectivity index (χ0) is 9.30. The van der Waals surface area contributed by atoms with Gasteiger partial charge in [-0.15, -0.1) is 0 Å². The first-order valence-electron chi connectivity index (χ1n) is 3.12. The molecule has 0 amide bonds. The Kier molecular flexibility index (Phi) is 2.61. The maximum atomic E-state index is 12.9. The van der Waals surface area contributed by atoms with Gasteiger partial charge >= 0.3 is 0 Å². The van der Waals surface area contributed by atoms with Gasteiger partial charge < -0.3 is 0 Å². The molecule has 0 bridgehead atoms. The van der Waals surface area contributed by atoms with Crippen molar-refractivity contribution in [2.75, 3.05) is 0 Å². The third kappa shape index (κ3) is 1.71. The van der Waals surface area contributed by atoms with Crippen LogP contribution in [0.15, 0.2) is 12.1 Å². The van der Waals surface area contributed by atoms with Crippen molar-refractivity contribution in [2.45, 2.75) is 6.92 Å². The normalized spacial score (nSPS) is 9.92. The molecule has 0 heterocycles. The number of non-ortho nitro benzene ring substituents is 1. The highest BCUT2D eigenvalue weighted by molar-refractivity contribution is 14.1. The maximum Gasteiger partial charge on any atom is 0.273 e. The Hall–Kier alpha value is -0.720. The van der Waals surface area contributed by atoms with Crippen LogP contribution in [0.1, 0.15) is 5.56 Å². The standard InChI is InChI=1S/C7H5FINO2/c1-4-6(8)2-5(10(11)12)3-7(4)9/h2-3H,1H3. The maximum absolute atomic E-state index is 12.9. The Morgan fingerprint density at radius 1 is 1.58 bits per heavy atom. The lowest BCUT2D eigenvalue weighted by molar-refractivity contribution is -0.385. The molecule has 0 radical (unpaired) electrons. The molecule has 0 aliphatic rings. The first kappa shape index (κ1) is 9.37. The van der Waals surface area contributed by atoms with E-state index in [1.807, 2.05) is 22.6 Å². The van der Waals surface area contributed by atoms with Gasteiger partial charge in [0.05, 0.1) is 11.0 Å². The minimum Gasteiger partial charge on any atom is -0.258 e. The van der Waals surface area contributed by atoms with Gasteiger partial charge in [0.15, 0.2) is 0 Å². The molecule has 0 aliphatic carbocycles. The molecule has 5 heteroatoms. The molecule has 1 rings (SSSR count). The molecule has 0 fully saturated rings. The lowest BCUT2D eigenvalue weighted by atomic mass is 10.2. The van der Waals surface area contributed by atoms with E-state index in [0.29, 0.717) is 9.13 Å². The third-order valence-electron chi connectivity index (χ3n) is 1.48. The summed E-state index contributed by atoms with van der Waals surface area (Å²) >= 11 is 1.86. The minimum absolute atomic E-state index is 0.206. The van der Waals surface area contributed by atoms with E-state index in [1.54, 1.807) is 6.92 Å². The molecule has 1 aromatic rings. The Labute approximate surface area is 81.9 Å². The van der Waals surface area contributed by atoms with Crippen LogP contribution < -0.4 is 0 Å². The summed E-state index contributed by atoms with van der Waals surface area (Å²) in [6.45, 7) is 1.58. The quantitative estimate of drug-likeness (QED) is 0.451. The Bertz CT molecular complexity index is 317. The Morgan fingerprint density at radius 2 is 2.17 bits per heavy atom. The van der Waals surface area contributed by atoms with Crippen LogP contribution in [-0.2, 0) is 0 Å². The lowest BCUT2D eigenvalue weighted by Crippen LogP contribution is -1.93. The van der Waals surface area contributed by atoms with Crippen LogP contribution in [0.4, 0.5) is 10.1 Å². The predicted molar refractivity (Wildman–Crippen MR) is 50.5 cm³/mol. The summed E-state index contributed by atoms with van der Waals surface area (Å²) in [5.74, 6) is -0.534. The molecule has 0 aromatic heterocycles. The number of rotatable bonds is 1. The van der Waals surface area contributed by atoms with Gasteiger partial charge in [0.1, 0.15) is 5.82 Å². The summed E-state index contributed by atoms with van der Waals surface area (Å²) in [5, 5.41) is 10.3. The second-order valence-electron chi connectivity index (χ2n) is 2.29. The van der Waals surface area contributed by atoms with Gasteiger partial charge in [-0.05, 0) is 35.1 Å². The number of benzene rings is 1. The van der Waals surface area contributed by atoms with E-state index in [4.69, 9.17) is 0 Å². The number of hydrogen-bond acceptors (Lipinski definition) is 2. The van der Waals surface area contributed by atoms with Crippen LogP contribution in [0.5, 0.6) is 0 Å². The van der Waals surface area contributed by atoms with Crippen LogP contribution in [0.25, 0.3) is 0 Å². The monoisotopic (exact) mass is 281 g/mol. The number of nitrogens with zero attached hydrogens (tertiary/aromatic N) is 1. The van der Waals surface area contributed by atoms with Gasteiger partial charge in [-0.3, -0.25) is 10.1 Å². The van der Waals surface area contributed by atoms with E-state index in [9.17, 15) is 14.5 Å². The van der Waals surface area contributed by atoms with Crippen molar-refractivity contribution in [2.24, 2.45) is 0 Å². The van der Waals surface area contributed by atoms with Gasteiger partial charge in [-0.2, -0.15) is 0 Å². The Morgan fingerprint density at radius 3 is 2.58 bits per heavy atom. The topological polar surface area (TPSA) is 43.1 Å². The number of nitro groups is 1. The smallest absolute Gasteiger partial charge is 0.258 e. The molecule has 0 atom stereocenters. The van der Waals surface area contributed by atoms with E-state index in [2.05, 4.69) is 0 Å². The van der Waals surface area contributed by atoms with Crippen molar-refractivity contribution in [3.63, 3.8) is 0 Å². The van der Waals surface area contributed by atoms with E-state index in [1.165, 1.54) is 6.07 Å². The lowest BCUT2D eigenvalue weighted by Gasteiger charge is -1.98. The molecule has 64 valence electrons. The van der Waals surface area contributed by atoms with Gasteiger partial charge in [0.2, 0.25) is 0 Å². The fourth-order valence-electron chi connectivity index (χ4n) is 0.737. The SMILES string of the molecule is Cc1c(F)cc([N+](=O)[O-])cc1I. The highest BCUT2D eigenvalue weighted by Crippen LogP contribution is 2.21. The van der Waals surface area contributed by atoms with Gasteiger partial charge in [-0.1, -0.05) is 0 Å². The molecule has 3 nitrogen and oxygen atoms in total.